The predicted octanol–water partition coefficient (Wildman–Crippen LogP) is 5.48. The van der Waals surface area contributed by atoms with Crippen LogP contribution in [0.2, 0.25) is 0 Å². The third-order valence-corrected chi connectivity index (χ3v) is 6.14. The van der Waals surface area contributed by atoms with Crippen molar-refractivity contribution in [1.82, 2.24) is 9.97 Å². The Hall–Kier alpha value is -4.19. The van der Waals surface area contributed by atoms with E-state index in [0.29, 0.717) is 12.0 Å². The summed E-state index contributed by atoms with van der Waals surface area (Å²) in [5.74, 6) is -0.0486. The molecule has 0 fully saturated rings. The van der Waals surface area contributed by atoms with E-state index in [0.717, 1.165) is 46.7 Å². The summed E-state index contributed by atoms with van der Waals surface area (Å²) in [5.41, 5.74) is 5.13. The first-order valence-electron chi connectivity index (χ1n) is 11.5. The topological polar surface area (TPSA) is 75.3 Å². The molecule has 0 saturated heterocycles. The fourth-order valence-corrected chi connectivity index (χ4v) is 4.35. The molecule has 0 spiro atoms. The summed E-state index contributed by atoms with van der Waals surface area (Å²) in [4.78, 5) is 35.7. The lowest BCUT2D eigenvalue weighted by Crippen LogP contribution is -2.39. The third-order valence-electron chi connectivity index (χ3n) is 6.14. The molecule has 4 aromatic rings. The van der Waals surface area contributed by atoms with Gasteiger partial charge in [-0.05, 0) is 54.7 Å². The van der Waals surface area contributed by atoms with Crippen LogP contribution < -0.4 is 4.90 Å². The van der Waals surface area contributed by atoms with Gasteiger partial charge in [0.05, 0.1) is 16.9 Å². The number of nitrogens with zero attached hydrogens (tertiary/aromatic N) is 2. The number of benzene rings is 3. The Kier molecular flexibility index (Phi) is 5.95. The average molecular weight is 452 g/mol. The lowest BCUT2D eigenvalue weighted by Gasteiger charge is -2.28. The number of nitrogens with one attached hydrogen (secondary N) is 1. The van der Waals surface area contributed by atoms with Gasteiger partial charge in [0.15, 0.2) is 6.10 Å². The number of hydrogen-bond acceptors (Lipinski definition) is 4. The minimum absolute atomic E-state index is 0.246. The minimum Gasteiger partial charge on any atom is -0.449 e. The number of hydrogen-bond donors (Lipinski definition) is 1. The molecule has 1 atom stereocenters. The predicted molar refractivity (Wildman–Crippen MR) is 131 cm³/mol. The molecule has 5 rings (SSSR count). The molecule has 0 bridgehead atoms. The van der Waals surface area contributed by atoms with Crippen molar-refractivity contribution in [3.63, 3.8) is 0 Å². The molecule has 6 nitrogen and oxygen atoms in total. The number of amides is 1. The van der Waals surface area contributed by atoms with Crippen LogP contribution in [-0.2, 0) is 22.4 Å². The normalized spacial score (nSPS) is 13.4. The van der Waals surface area contributed by atoms with Gasteiger partial charge in [-0.25, -0.2) is 9.78 Å². The van der Waals surface area contributed by atoms with Crippen LogP contribution in [0.1, 0.15) is 34.8 Å². The van der Waals surface area contributed by atoms with E-state index in [1.54, 1.807) is 41.6 Å². The summed E-state index contributed by atoms with van der Waals surface area (Å²) in [5, 5.41) is 0. The van der Waals surface area contributed by atoms with Crippen molar-refractivity contribution in [2.45, 2.75) is 32.3 Å². The number of imidazole rings is 1. The van der Waals surface area contributed by atoms with Crippen molar-refractivity contribution in [3.8, 4) is 11.4 Å². The van der Waals surface area contributed by atoms with Crippen molar-refractivity contribution in [1.29, 1.82) is 0 Å². The first-order chi connectivity index (χ1) is 16.7. The van der Waals surface area contributed by atoms with Gasteiger partial charge in [0, 0.05) is 18.0 Å². The molecular formula is C28H25N3O3. The van der Waals surface area contributed by atoms with E-state index in [9.17, 15) is 9.59 Å². The van der Waals surface area contributed by atoms with E-state index in [2.05, 4.69) is 22.1 Å². The Bertz CT molecular complexity index is 1270. The quantitative estimate of drug-likeness (QED) is 0.408. The average Bonchev–Trinajstić information content (AvgIpc) is 3.37. The molecule has 1 aliphatic heterocycles. The third kappa shape index (κ3) is 4.10. The van der Waals surface area contributed by atoms with Gasteiger partial charge >= 0.3 is 5.97 Å². The monoisotopic (exact) mass is 451 g/mol. The summed E-state index contributed by atoms with van der Waals surface area (Å²) in [6.07, 6.45) is 4.57. The van der Waals surface area contributed by atoms with E-state index in [-0.39, 0.29) is 5.91 Å². The van der Waals surface area contributed by atoms with Gasteiger partial charge in [0.25, 0.3) is 5.91 Å². The van der Waals surface area contributed by atoms with Gasteiger partial charge < -0.3 is 9.72 Å². The van der Waals surface area contributed by atoms with Crippen molar-refractivity contribution >= 4 is 23.3 Å². The lowest BCUT2D eigenvalue weighted by atomic mass is 10.0. The second-order valence-corrected chi connectivity index (χ2v) is 8.25. The Balaban J connectivity index is 1.42. The van der Waals surface area contributed by atoms with Gasteiger partial charge in [-0.1, -0.05) is 55.5 Å². The summed E-state index contributed by atoms with van der Waals surface area (Å²) >= 11 is 0. The Morgan fingerprint density at radius 3 is 2.12 bits per heavy atom. The zero-order valence-electron chi connectivity index (χ0n) is 18.9. The number of fused-ring (bicyclic) bond motifs is 2. The van der Waals surface area contributed by atoms with Crippen molar-refractivity contribution in [3.05, 3.63) is 102 Å². The number of esters is 1. The molecule has 34 heavy (non-hydrogen) atoms. The highest BCUT2D eigenvalue weighted by molar-refractivity contribution is 6.06. The molecule has 1 unspecified atom stereocenters. The summed E-state index contributed by atoms with van der Waals surface area (Å²) in [7, 11) is 0. The van der Waals surface area contributed by atoms with Crippen LogP contribution in [0.15, 0.2) is 85.2 Å². The fourth-order valence-electron chi connectivity index (χ4n) is 4.35. The molecule has 1 aromatic heterocycles. The van der Waals surface area contributed by atoms with Crippen LogP contribution >= 0.6 is 0 Å². The van der Waals surface area contributed by atoms with Crippen molar-refractivity contribution in [2.75, 3.05) is 4.90 Å². The smallest absolute Gasteiger partial charge is 0.338 e. The van der Waals surface area contributed by atoms with Gasteiger partial charge in [-0.2, -0.15) is 0 Å². The van der Waals surface area contributed by atoms with Gasteiger partial charge in [-0.15, -0.1) is 0 Å². The first kappa shape index (κ1) is 21.6. The van der Waals surface area contributed by atoms with E-state index in [1.165, 1.54) is 0 Å². The van der Waals surface area contributed by atoms with Crippen LogP contribution in [0, 0.1) is 0 Å². The zero-order valence-corrected chi connectivity index (χ0v) is 18.9. The number of anilines is 2. The van der Waals surface area contributed by atoms with E-state index in [1.807, 2.05) is 43.3 Å². The first-order valence-corrected chi connectivity index (χ1v) is 11.5. The van der Waals surface area contributed by atoms with E-state index in [4.69, 9.17) is 4.74 Å². The molecule has 1 N–H and O–H groups in total. The largest absolute Gasteiger partial charge is 0.449 e. The number of aryl methyl sites for hydroxylation is 2. The highest BCUT2D eigenvalue weighted by Crippen LogP contribution is 2.37. The van der Waals surface area contributed by atoms with Crippen LogP contribution in [0.25, 0.3) is 11.4 Å². The maximum Gasteiger partial charge on any atom is 0.338 e. The molecule has 1 aliphatic rings. The molecule has 0 aliphatic carbocycles. The Labute approximate surface area is 198 Å². The molecular weight excluding hydrogens is 426 g/mol. The number of ether oxygens (including phenoxy) is 1. The fraction of sp³-hybridized carbons (Fsp3) is 0.179. The highest BCUT2D eigenvalue weighted by Gasteiger charge is 2.32. The maximum absolute atomic E-state index is 13.8. The highest BCUT2D eigenvalue weighted by atomic mass is 16.5. The second kappa shape index (κ2) is 9.35. The summed E-state index contributed by atoms with van der Waals surface area (Å²) in [6.45, 7) is 1.85. The molecule has 2 heterocycles. The number of carbonyl (C=O) groups excluding carboxylic acids is 2. The SMILES string of the molecule is CCC(OC(=O)c1ccc(-c2ncc[nH]2)cc1)C(=O)N1c2ccccc2CCc2ccccc21. The molecule has 3 aromatic carbocycles. The van der Waals surface area contributed by atoms with E-state index >= 15 is 0 Å². The van der Waals surface area contributed by atoms with Crippen LogP contribution in [0.4, 0.5) is 11.4 Å². The maximum atomic E-state index is 13.8. The molecule has 170 valence electrons. The Morgan fingerprint density at radius 2 is 1.56 bits per heavy atom. The van der Waals surface area contributed by atoms with Gasteiger partial charge in [0.2, 0.25) is 0 Å². The number of para-hydroxylation sites is 2. The lowest BCUT2D eigenvalue weighted by molar-refractivity contribution is -0.126. The van der Waals surface area contributed by atoms with Crippen LogP contribution in [0.5, 0.6) is 0 Å². The number of aromatic nitrogens is 2. The van der Waals surface area contributed by atoms with Crippen LogP contribution in [0.3, 0.4) is 0 Å². The standard InChI is InChI=1S/C28H25N3O3/c1-2-25(34-28(33)22-15-13-21(14-16-22)26-29-17-18-30-26)27(32)31-23-9-5-3-7-19(23)11-12-20-8-4-6-10-24(20)31/h3-10,13-18,25H,2,11-12H2,1H3,(H,29,30). The second-order valence-electron chi connectivity index (χ2n) is 8.25. The number of aromatic amines is 1. The van der Waals surface area contributed by atoms with Gasteiger partial charge in [0.1, 0.15) is 5.82 Å². The van der Waals surface area contributed by atoms with Gasteiger partial charge in [-0.3, -0.25) is 9.69 Å². The summed E-state index contributed by atoms with van der Waals surface area (Å²) in [6, 6.07) is 22.8. The number of rotatable bonds is 5. The molecule has 6 heteroatoms. The van der Waals surface area contributed by atoms with E-state index < -0.39 is 12.1 Å². The number of H-pyrrole nitrogens is 1. The minimum atomic E-state index is -0.906. The molecule has 0 radical (unpaired) electrons. The van der Waals surface area contributed by atoms with Crippen LogP contribution in [-0.4, -0.2) is 27.9 Å². The summed E-state index contributed by atoms with van der Waals surface area (Å²) < 4.78 is 5.75. The Morgan fingerprint density at radius 1 is 0.941 bits per heavy atom. The number of carbonyl (C=O) groups is 2. The molecule has 1 amide bonds. The van der Waals surface area contributed by atoms with Crippen molar-refractivity contribution < 1.29 is 14.3 Å². The molecule has 0 saturated carbocycles. The van der Waals surface area contributed by atoms with Crippen molar-refractivity contribution in [2.24, 2.45) is 0 Å². The zero-order chi connectivity index (χ0) is 23.5.